The number of nitrogens with zero attached hydrogens (tertiary/aromatic N) is 2. The van der Waals surface area contributed by atoms with E-state index >= 15 is 0 Å². The second-order valence-corrected chi connectivity index (χ2v) is 5.86. The molecule has 4 rings (SSSR count). The summed E-state index contributed by atoms with van der Waals surface area (Å²) in [4.78, 5) is 23.9. The van der Waals surface area contributed by atoms with Gasteiger partial charge in [-0.1, -0.05) is 30.3 Å². The van der Waals surface area contributed by atoms with E-state index in [-0.39, 0.29) is 36.8 Å². The third kappa shape index (κ3) is 4.30. The molecule has 1 aromatic carbocycles. The number of amides is 1. The van der Waals surface area contributed by atoms with Crippen LogP contribution < -0.4 is 10.6 Å². The van der Waals surface area contributed by atoms with Crippen LogP contribution in [0.5, 0.6) is 0 Å². The van der Waals surface area contributed by atoms with Crippen LogP contribution in [-0.2, 0) is 4.79 Å². The van der Waals surface area contributed by atoms with E-state index in [4.69, 9.17) is 0 Å². The first kappa shape index (κ1) is 20.5. The highest BCUT2D eigenvalue weighted by molar-refractivity contribution is 6.14. The van der Waals surface area contributed by atoms with Crippen LogP contribution in [-0.4, -0.2) is 21.8 Å². The van der Waals surface area contributed by atoms with Gasteiger partial charge in [0.15, 0.2) is 0 Å². The Morgan fingerprint density at radius 2 is 1.89 bits per heavy atom. The average Bonchev–Trinajstić information content (AvgIpc) is 3.20. The predicted octanol–water partition coefficient (Wildman–Crippen LogP) is 3.58. The van der Waals surface area contributed by atoms with Gasteiger partial charge in [-0.25, -0.2) is 9.98 Å². The first-order chi connectivity index (χ1) is 12.2. The summed E-state index contributed by atoms with van der Waals surface area (Å²) in [6.45, 7) is 2.02. The lowest BCUT2D eigenvalue weighted by atomic mass is 10.1. The first-order valence-corrected chi connectivity index (χ1v) is 8.06. The van der Waals surface area contributed by atoms with Gasteiger partial charge in [0.05, 0.1) is 6.04 Å². The van der Waals surface area contributed by atoms with Crippen molar-refractivity contribution in [3.05, 3.63) is 71.7 Å². The minimum absolute atomic E-state index is 0. The fourth-order valence-corrected chi connectivity index (χ4v) is 2.81. The molecule has 6 nitrogen and oxygen atoms in total. The van der Waals surface area contributed by atoms with E-state index in [0.29, 0.717) is 11.7 Å². The molecule has 3 aromatic rings. The molecule has 3 heterocycles. The third-order valence-corrected chi connectivity index (χ3v) is 4.12. The highest BCUT2D eigenvalue weighted by atomic mass is 35.5. The first-order valence-electron chi connectivity index (χ1n) is 8.06. The summed E-state index contributed by atoms with van der Waals surface area (Å²) in [5.74, 6) is 0.242. The predicted molar refractivity (Wildman–Crippen MR) is 112 cm³/mol. The largest absolute Gasteiger partial charge is 0.349 e. The zero-order valence-corrected chi connectivity index (χ0v) is 16.1. The topological polar surface area (TPSA) is 82.2 Å². The molecule has 1 aliphatic rings. The minimum Gasteiger partial charge on any atom is -0.349 e. The van der Waals surface area contributed by atoms with Crippen LogP contribution in [0, 0.1) is 0 Å². The molecular formula is C19H19Cl2N5O. The molecule has 1 amide bonds. The van der Waals surface area contributed by atoms with Crippen molar-refractivity contribution in [2.24, 2.45) is 4.99 Å². The maximum Gasteiger partial charge on any atom is 0.276 e. The molecule has 0 aliphatic carbocycles. The van der Waals surface area contributed by atoms with E-state index in [1.807, 2.05) is 55.6 Å². The van der Waals surface area contributed by atoms with Gasteiger partial charge in [0.25, 0.3) is 5.91 Å². The number of guanidine groups is 1. The van der Waals surface area contributed by atoms with Gasteiger partial charge in [-0.2, -0.15) is 0 Å². The van der Waals surface area contributed by atoms with E-state index < -0.39 is 0 Å². The maximum absolute atomic E-state index is 12.2. The van der Waals surface area contributed by atoms with Gasteiger partial charge >= 0.3 is 0 Å². The number of aliphatic imine (C=N–C) groups is 1. The molecule has 0 spiro atoms. The van der Waals surface area contributed by atoms with E-state index in [2.05, 4.69) is 25.6 Å². The quantitative estimate of drug-likeness (QED) is 0.584. The number of H-pyrrole nitrogens is 1. The number of aromatic amines is 1. The fourth-order valence-electron chi connectivity index (χ4n) is 2.81. The van der Waals surface area contributed by atoms with Crippen molar-refractivity contribution >= 4 is 53.8 Å². The summed E-state index contributed by atoms with van der Waals surface area (Å²) < 4.78 is 0. The van der Waals surface area contributed by atoms with Crippen molar-refractivity contribution in [3.63, 3.8) is 0 Å². The Hall–Kier alpha value is -2.83. The van der Waals surface area contributed by atoms with Gasteiger partial charge in [0.2, 0.25) is 5.96 Å². The SMILES string of the molecule is C[C@@H](NC1=N/C(=C\c2c[nH]c3ncccc23)C(=O)N1)c1ccccc1.Cl.Cl. The molecular weight excluding hydrogens is 385 g/mol. The van der Waals surface area contributed by atoms with Crippen LogP contribution in [0.4, 0.5) is 0 Å². The summed E-state index contributed by atoms with van der Waals surface area (Å²) in [5, 5.41) is 6.96. The number of fused-ring (bicyclic) bond motifs is 1. The van der Waals surface area contributed by atoms with Gasteiger partial charge in [-0.3, -0.25) is 10.1 Å². The summed E-state index contributed by atoms with van der Waals surface area (Å²) in [6.07, 6.45) is 5.31. The minimum atomic E-state index is -0.221. The molecule has 1 aliphatic heterocycles. The van der Waals surface area contributed by atoms with Gasteiger partial charge in [-0.15, -0.1) is 24.8 Å². The maximum atomic E-state index is 12.2. The van der Waals surface area contributed by atoms with Crippen LogP contribution in [0.2, 0.25) is 0 Å². The Labute approximate surface area is 169 Å². The van der Waals surface area contributed by atoms with E-state index in [1.165, 1.54) is 0 Å². The van der Waals surface area contributed by atoms with Gasteiger partial charge in [0, 0.05) is 23.3 Å². The molecule has 2 aromatic heterocycles. The van der Waals surface area contributed by atoms with E-state index in [1.54, 1.807) is 12.3 Å². The second kappa shape index (κ2) is 8.70. The van der Waals surface area contributed by atoms with Crippen molar-refractivity contribution in [3.8, 4) is 0 Å². The smallest absolute Gasteiger partial charge is 0.276 e. The Kier molecular flexibility index (Phi) is 6.60. The summed E-state index contributed by atoms with van der Waals surface area (Å²) >= 11 is 0. The van der Waals surface area contributed by atoms with Crippen molar-refractivity contribution in [1.29, 1.82) is 0 Å². The lowest BCUT2D eigenvalue weighted by Crippen LogP contribution is -2.37. The normalized spacial score (nSPS) is 15.5. The number of rotatable bonds is 3. The van der Waals surface area contributed by atoms with Crippen molar-refractivity contribution in [1.82, 2.24) is 20.6 Å². The molecule has 27 heavy (non-hydrogen) atoms. The third-order valence-electron chi connectivity index (χ3n) is 4.12. The number of halogens is 2. The molecule has 0 radical (unpaired) electrons. The van der Waals surface area contributed by atoms with Gasteiger partial charge in [0.1, 0.15) is 11.3 Å². The van der Waals surface area contributed by atoms with E-state index in [9.17, 15) is 4.79 Å². The lowest BCUT2D eigenvalue weighted by Gasteiger charge is -2.14. The number of benzene rings is 1. The van der Waals surface area contributed by atoms with Crippen LogP contribution in [0.3, 0.4) is 0 Å². The highest BCUT2D eigenvalue weighted by Gasteiger charge is 2.21. The van der Waals surface area contributed by atoms with Gasteiger partial charge in [-0.05, 0) is 30.7 Å². The summed E-state index contributed by atoms with van der Waals surface area (Å²) in [6, 6.07) is 13.9. The number of hydrogen-bond acceptors (Lipinski definition) is 4. The Balaban J connectivity index is 0.00000131. The Morgan fingerprint density at radius 1 is 1.11 bits per heavy atom. The molecule has 0 fully saturated rings. The number of carbonyl (C=O) groups is 1. The Bertz CT molecular complexity index is 998. The molecule has 1 atom stereocenters. The number of carbonyl (C=O) groups excluding carboxylic acids is 1. The van der Waals surface area contributed by atoms with Crippen LogP contribution in [0.1, 0.15) is 24.1 Å². The molecule has 0 unspecified atom stereocenters. The summed E-state index contributed by atoms with van der Waals surface area (Å²) in [5.41, 5.74) is 3.16. The number of hydrogen-bond donors (Lipinski definition) is 3. The molecule has 140 valence electrons. The lowest BCUT2D eigenvalue weighted by molar-refractivity contribution is -0.115. The zero-order chi connectivity index (χ0) is 17.2. The molecule has 0 saturated carbocycles. The number of nitrogens with one attached hydrogen (secondary N) is 3. The monoisotopic (exact) mass is 403 g/mol. The van der Waals surface area contributed by atoms with Crippen molar-refractivity contribution < 1.29 is 4.79 Å². The zero-order valence-electron chi connectivity index (χ0n) is 14.5. The van der Waals surface area contributed by atoms with Crippen molar-refractivity contribution in [2.45, 2.75) is 13.0 Å². The van der Waals surface area contributed by atoms with Crippen LogP contribution in [0.25, 0.3) is 17.1 Å². The molecule has 0 saturated heterocycles. The van der Waals surface area contributed by atoms with Crippen molar-refractivity contribution in [2.75, 3.05) is 0 Å². The summed E-state index contributed by atoms with van der Waals surface area (Å²) in [7, 11) is 0. The number of pyridine rings is 1. The molecule has 3 N–H and O–H groups in total. The van der Waals surface area contributed by atoms with Crippen LogP contribution >= 0.6 is 24.8 Å². The number of aromatic nitrogens is 2. The molecule has 8 heteroatoms. The van der Waals surface area contributed by atoms with Crippen LogP contribution in [0.15, 0.2) is 65.5 Å². The van der Waals surface area contributed by atoms with Gasteiger partial charge < -0.3 is 10.3 Å². The van der Waals surface area contributed by atoms with E-state index in [0.717, 1.165) is 22.2 Å². The fraction of sp³-hybridized carbons (Fsp3) is 0.105. The molecule has 0 bridgehead atoms. The average molecular weight is 404 g/mol. The Morgan fingerprint density at radius 3 is 2.67 bits per heavy atom. The standard InChI is InChI=1S/C19H17N5O.2ClH/c1-12(13-6-3-2-4-7-13)22-19-23-16(18(25)24-19)10-14-11-21-17-15(14)8-5-9-20-17;;/h2-12H,1H3,(H,20,21)(H2,22,23,24,25);2*1H/b16-10-;;/t12-;;/m1../s1. The highest BCUT2D eigenvalue weighted by Crippen LogP contribution is 2.20. The second-order valence-electron chi connectivity index (χ2n) is 5.86.